The maximum absolute atomic E-state index is 11.3. The summed E-state index contributed by atoms with van der Waals surface area (Å²) in [5, 5.41) is 0. The molecule has 5 heteroatoms. The lowest BCUT2D eigenvalue weighted by Crippen LogP contribution is -2.17. The first-order valence-corrected chi connectivity index (χ1v) is 6.44. The van der Waals surface area contributed by atoms with Crippen molar-refractivity contribution in [2.45, 2.75) is 18.6 Å². The average Bonchev–Trinajstić information content (AvgIpc) is 2.45. The van der Waals surface area contributed by atoms with E-state index in [1.165, 1.54) is 0 Å². The van der Waals surface area contributed by atoms with Gasteiger partial charge in [-0.2, -0.15) is 0 Å². The Morgan fingerprint density at radius 1 is 1.50 bits per heavy atom. The number of hydrogen-bond acceptors (Lipinski definition) is 4. The van der Waals surface area contributed by atoms with Crippen LogP contribution in [0.1, 0.15) is 17.1 Å². The minimum absolute atomic E-state index is 0.0485. The van der Waals surface area contributed by atoms with Gasteiger partial charge in [-0.3, -0.25) is 0 Å². The lowest BCUT2D eigenvalue weighted by molar-refractivity contribution is 0.471. The summed E-state index contributed by atoms with van der Waals surface area (Å²) in [6.45, 7) is 0.527. The molecule has 4 nitrogen and oxygen atoms in total. The monoisotopic (exact) mass is 215 g/mol. The maximum Gasteiger partial charge on any atom is 0.157 e. The van der Waals surface area contributed by atoms with Crippen LogP contribution in [0.5, 0.6) is 0 Å². The maximum atomic E-state index is 11.3. The summed E-state index contributed by atoms with van der Waals surface area (Å²) in [6.07, 6.45) is 1.25. The van der Waals surface area contributed by atoms with Crippen molar-refractivity contribution in [1.82, 2.24) is 0 Å². The molecule has 1 aliphatic heterocycles. The van der Waals surface area contributed by atoms with Crippen molar-refractivity contribution in [3.05, 3.63) is 23.2 Å². The Morgan fingerprint density at radius 3 is 3.00 bits per heavy atom. The lowest BCUT2D eigenvalue weighted by Gasteiger charge is -2.09. The molecule has 1 aromatic heterocycles. The molecule has 0 saturated heterocycles. The summed E-state index contributed by atoms with van der Waals surface area (Å²) in [5.74, 6) is 1.70. The molecular formula is C9H13NO3S. The number of fused-ring (bicyclic) bond motifs is 1. The number of rotatable bonds is 2. The molecule has 2 heterocycles. The Morgan fingerprint density at radius 2 is 2.29 bits per heavy atom. The van der Waals surface area contributed by atoms with Crippen LogP contribution in [0.4, 0.5) is 0 Å². The second kappa shape index (κ2) is 3.40. The fourth-order valence-corrected chi connectivity index (χ4v) is 2.98. The third-order valence-electron chi connectivity index (χ3n) is 2.37. The van der Waals surface area contributed by atoms with Crippen molar-refractivity contribution in [2.75, 3.05) is 12.3 Å². The van der Waals surface area contributed by atoms with E-state index in [2.05, 4.69) is 0 Å². The molecule has 0 aromatic carbocycles. The van der Waals surface area contributed by atoms with Gasteiger partial charge in [-0.15, -0.1) is 0 Å². The van der Waals surface area contributed by atoms with E-state index >= 15 is 0 Å². The third kappa shape index (κ3) is 1.83. The van der Waals surface area contributed by atoms with Gasteiger partial charge in [0, 0.05) is 6.42 Å². The Bertz CT molecular complexity index is 433. The molecule has 1 aromatic rings. The number of hydrogen-bond donors (Lipinski definition) is 1. The number of furan rings is 1. The SMILES string of the molecule is NCCc1cc2c(o1)CS(=O)(=O)CC2. The van der Waals surface area contributed by atoms with E-state index in [0.29, 0.717) is 25.1 Å². The number of sulfone groups is 1. The molecule has 78 valence electrons. The summed E-state index contributed by atoms with van der Waals surface area (Å²) in [4.78, 5) is 0. The first kappa shape index (κ1) is 9.73. The molecule has 14 heavy (non-hydrogen) atoms. The summed E-state index contributed by atoms with van der Waals surface area (Å²) in [5.41, 5.74) is 6.42. The van der Waals surface area contributed by atoms with Crippen molar-refractivity contribution < 1.29 is 12.8 Å². The van der Waals surface area contributed by atoms with Crippen LogP contribution in [0.15, 0.2) is 10.5 Å². The largest absolute Gasteiger partial charge is 0.465 e. The fraction of sp³-hybridized carbons (Fsp3) is 0.556. The van der Waals surface area contributed by atoms with Crippen molar-refractivity contribution in [2.24, 2.45) is 5.73 Å². The van der Waals surface area contributed by atoms with Crippen LogP contribution in [-0.2, 0) is 28.4 Å². The molecule has 0 radical (unpaired) electrons. The smallest absolute Gasteiger partial charge is 0.157 e. The molecule has 0 spiro atoms. The second-order valence-corrected chi connectivity index (χ2v) is 5.73. The standard InChI is InChI=1S/C9H13NO3S/c10-3-1-8-5-7-2-4-14(11,12)6-9(7)13-8/h5H,1-4,6,10H2. The van der Waals surface area contributed by atoms with E-state index in [9.17, 15) is 8.42 Å². The lowest BCUT2D eigenvalue weighted by atomic mass is 10.2. The van der Waals surface area contributed by atoms with Crippen LogP contribution in [-0.4, -0.2) is 20.7 Å². The molecule has 0 saturated carbocycles. The molecule has 0 aliphatic carbocycles. The fourth-order valence-electron chi connectivity index (χ4n) is 1.66. The van der Waals surface area contributed by atoms with E-state index < -0.39 is 9.84 Å². The quantitative estimate of drug-likeness (QED) is 0.767. The Balaban J connectivity index is 2.30. The van der Waals surface area contributed by atoms with Crippen molar-refractivity contribution in [3.63, 3.8) is 0 Å². The van der Waals surface area contributed by atoms with E-state index in [4.69, 9.17) is 10.2 Å². The summed E-state index contributed by atoms with van der Waals surface area (Å²) in [6, 6.07) is 1.93. The Labute approximate surface area is 83.0 Å². The first-order valence-electron chi connectivity index (χ1n) is 4.62. The van der Waals surface area contributed by atoms with Crippen LogP contribution < -0.4 is 5.73 Å². The van der Waals surface area contributed by atoms with Crippen LogP contribution in [0.2, 0.25) is 0 Å². The summed E-state index contributed by atoms with van der Waals surface area (Å²) in [7, 11) is -2.92. The van der Waals surface area contributed by atoms with E-state index in [1.807, 2.05) is 6.07 Å². The van der Waals surface area contributed by atoms with Gasteiger partial charge in [0.1, 0.15) is 17.3 Å². The highest BCUT2D eigenvalue weighted by molar-refractivity contribution is 7.90. The van der Waals surface area contributed by atoms with Gasteiger partial charge in [0.05, 0.1) is 5.75 Å². The molecule has 0 unspecified atom stereocenters. The highest BCUT2D eigenvalue weighted by atomic mass is 32.2. The zero-order valence-corrected chi connectivity index (χ0v) is 8.64. The zero-order chi connectivity index (χ0) is 10.2. The van der Waals surface area contributed by atoms with E-state index in [-0.39, 0.29) is 11.5 Å². The Hall–Kier alpha value is -0.810. The second-order valence-electron chi connectivity index (χ2n) is 3.54. The van der Waals surface area contributed by atoms with Gasteiger partial charge in [-0.05, 0) is 24.6 Å². The number of aryl methyl sites for hydroxylation is 1. The third-order valence-corrected chi connectivity index (χ3v) is 3.90. The topological polar surface area (TPSA) is 73.3 Å². The minimum atomic E-state index is -2.92. The highest BCUT2D eigenvalue weighted by Crippen LogP contribution is 2.24. The zero-order valence-electron chi connectivity index (χ0n) is 7.82. The van der Waals surface area contributed by atoms with Gasteiger partial charge < -0.3 is 10.2 Å². The van der Waals surface area contributed by atoms with Gasteiger partial charge in [0.2, 0.25) is 0 Å². The van der Waals surface area contributed by atoms with E-state index in [0.717, 1.165) is 11.3 Å². The summed E-state index contributed by atoms with van der Waals surface area (Å²) >= 11 is 0. The Kier molecular flexibility index (Phi) is 2.36. The normalized spacial score (nSPS) is 19.2. The van der Waals surface area contributed by atoms with Crippen LogP contribution in [0.25, 0.3) is 0 Å². The first-order chi connectivity index (χ1) is 6.61. The predicted molar refractivity (Wildman–Crippen MR) is 52.7 cm³/mol. The predicted octanol–water partition coefficient (Wildman–Crippen LogP) is 0.252. The van der Waals surface area contributed by atoms with Crippen molar-refractivity contribution >= 4 is 9.84 Å². The van der Waals surface area contributed by atoms with Gasteiger partial charge in [0.15, 0.2) is 9.84 Å². The number of nitrogens with two attached hydrogens (primary N) is 1. The van der Waals surface area contributed by atoms with Gasteiger partial charge in [-0.1, -0.05) is 0 Å². The van der Waals surface area contributed by atoms with Gasteiger partial charge in [-0.25, -0.2) is 8.42 Å². The molecular weight excluding hydrogens is 202 g/mol. The minimum Gasteiger partial charge on any atom is -0.465 e. The van der Waals surface area contributed by atoms with E-state index in [1.54, 1.807) is 0 Å². The molecule has 2 rings (SSSR count). The molecule has 0 fully saturated rings. The van der Waals surface area contributed by atoms with Crippen LogP contribution >= 0.6 is 0 Å². The molecule has 0 amide bonds. The average molecular weight is 215 g/mol. The van der Waals surface area contributed by atoms with Crippen LogP contribution in [0.3, 0.4) is 0 Å². The highest BCUT2D eigenvalue weighted by Gasteiger charge is 2.24. The van der Waals surface area contributed by atoms with Crippen molar-refractivity contribution in [3.8, 4) is 0 Å². The molecule has 0 atom stereocenters. The van der Waals surface area contributed by atoms with Crippen molar-refractivity contribution in [1.29, 1.82) is 0 Å². The van der Waals surface area contributed by atoms with Gasteiger partial charge in [0.25, 0.3) is 0 Å². The summed E-state index contributed by atoms with van der Waals surface area (Å²) < 4.78 is 28.0. The molecule has 0 bridgehead atoms. The molecule has 2 N–H and O–H groups in total. The molecule has 1 aliphatic rings. The van der Waals surface area contributed by atoms with Gasteiger partial charge >= 0.3 is 0 Å². The van der Waals surface area contributed by atoms with Crippen LogP contribution in [0, 0.1) is 0 Å².